The number of rotatable bonds is 2. The molecule has 0 radical (unpaired) electrons. The SMILES string of the molecule is N#Cc1ccc(F)cc1NC(=O)CC(F)(F)F. The fourth-order valence-corrected chi connectivity index (χ4v) is 1.09. The molecule has 17 heavy (non-hydrogen) atoms. The zero-order chi connectivity index (χ0) is 13.1. The second kappa shape index (κ2) is 4.82. The van der Waals surface area contributed by atoms with Gasteiger partial charge in [-0.15, -0.1) is 0 Å². The number of hydrogen-bond donors (Lipinski definition) is 1. The van der Waals surface area contributed by atoms with Gasteiger partial charge in [0.25, 0.3) is 0 Å². The van der Waals surface area contributed by atoms with Gasteiger partial charge in [0.05, 0.1) is 11.3 Å². The van der Waals surface area contributed by atoms with E-state index in [9.17, 15) is 22.4 Å². The van der Waals surface area contributed by atoms with Crippen LogP contribution >= 0.6 is 0 Å². The third-order valence-electron chi connectivity index (χ3n) is 1.74. The summed E-state index contributed by atoms with van der Waals surface area (Å²) in [5.41, 5.74) is -0.385. The zero-order valence-corrected chi connectivity index (χ0v) is 8.31. The van der Waals surface area contributed by atoms with E-state index in [1.807, 2.05) is 5.32 Å². The summed E-state index contributed by atoms with van der Waals surface area (Å²) in [6.07, 6.45) is -6.33. The van der Waals surface area contributed by atoms with Crippen molar-refractivity contribution >= 4 is 11.6 Å². The zero-order valence-electron chi connectivity index (χ0n) is 8.31. The van der Waals surface area contributed by atoms with Gasteiger partial charge >= 0.3 is 6.18 Å². The Labute approximate surface area is 93.7 Å². The molecule has 0 aliphatic rings. The van der Waals surface area contributed by atoms with Crippen molar-refractivity contribution < 1.29 is 22.4 Å². The molecule has 1 aromatic carbocycles. The maximum atomic E-state index is 12.8. The fourth-order valence-electron chi connectivity index (χ4n) is 1.09. The average Bonchev–Trinajstić information content (AvgIpc) is 2.14. The van der Waals surface area contributed by atoms with E-state index in [1.165, 1.54) is 0 Å². The number of amides is 1. The van der Waals surface area contributed by atoms with Crippen LogP contribution in [0.5, 0.6) is 0 Å². The Morgan fingerprint density at radius 3 is 2.59 bits per heavy atom. The lowest BCUT2D eigenvalue weighted by Crippen LogP contribution is -2.21. The normalized spacial score (nSPS) is 10.8. The first kappa shape index (κ1) is 13.0. The number of halogens is 4. The lowest BCUT2D eigenvalue weighted by molar-refractivity contribution is -0.150. The van der Waals surface area contributed by atoms with Crippen LogP contribution in [0, 0.1) is 17.1 Å². The number of carbonyl (C=O) groups is 1. The highest BCUT2D eigenvalue weighted by Gasteiger charge is 2.31. The molecule has 0 atom stereocenters. The van der Waals surface area contributed by atoms with Crippen LogP contribution in [-0.2, 0) is 4.79 Å². The van der Waals surface area contributed by atoms with Gasteiger partial charge < -0.3 is 5.32 Å². The van der Waals surface area contributed by atoms with Crippen molar-refractivity contribution in [3.8, 4) is 6.07 Å². The Bertz CT molecular complexity index is 476. The number of benzene rings is 1. The summed E-state index contributed by atoms with van der Waals surface area (Å²) in [5, 5.41) is 10.4. The molecule has 0 heterocycles. The topological polar surface area (TPSA) is 52.9 Å². The lowest BCUT2D eigenvalue weighted by atomic mass is 10.2. The summed E-state index contributed by atoms with van der Waals surface area (Å²) in [6.45, 7) is 0. The predicted octanol–water partition coefficient (Wildman–Crippen LogP) is 2.59. The third kappa shape index (κ3) is 4.10. The first-order valence-electron chi connectivity index (χ1n) is 4.38. The fraction of sp³-hybridized carbons (Fsp3) is 0.200. The van der Waals surface area contributed by atoms with Crippen LogP contribution in [0.2, 0.25) is 0 Å². The number of nitrogens with one attached hydrogen (secondary N) is 1. The molecular formula is C10H6F4N2O. The maximum absolute atomic E-state index is 12.8. The number of nitrogens with zero attached hydrogens (tertiary/aromatic N) is 1. The van der Waals surface area contributed by atoms with Crippen LogP contribution in [0.1, 0.15) is 12.0 Å². The molecule has 0 spiro atoms. The summed E-state index contributed by atoms with van der Waals surface area (Å²) >= 11 is 0. The van der Waals surface area contributed by atoms with Crippen LogP contribution in [0.25, 0.3) is 0 Å². The van der Waals surface area contributed by atoms with E-state index in [0.717, 1.165) is 18.2 Å². The van der Waals surface area contributed by atoms with Crippen molar-refractivity contribution in [1.29, 1.82) is 5.26 Å². The van der Waals surface area contributed by atoms with Crippen LogP contribution in [0.3, 0.4) is 0 Å². The second-order valence-corrected chi connectivity index (χ2v) is 3.14. The van der Waals surface area contributed by atoms with Crippen LogP contribution < -0.4 is 5.32 Å². The van der Waals surface area contributed by atoms with Gasteiger partial charge in [-0.05, 0) is 18.2 Å². The van der Waals surface area contributed by atoms with Crippen molar-refractivity contribution in [3.05, 3.63) is 29.6 Å². The van der Waals surface area contributed by atoms with Crippen LogP contribution in [0.4, 0.5) is 23.2 Å². The molecule has 0 unspecified atom stereocenters. The third-order valence-corrected chi connectivity index (χ3v) is 1.74. The van der Waals surface area contributed by atoms with Gasteiger partial charge in [-0.25, -0.2) is 4.39 Å². The number of anilines is 1. The van der Waals surface area contributed by atoms with Crippen molar-refractivity contribution in [2.45, 2.75) is 12.6 Å². The van der Waals surface area contributed by atoms with Crippen LogP contribution in [-0.4, -0.2) is 12.1 Å². The summed E-state index contributed by atoms with van der Waals surface area (Å²) < 4.78 is 48.4. The molecule has 0 aliphatic heterocycles. The molecule has 3 nitrogen and oxygen atoms in total. The van der Waals surface area contributed by atoms with Crippen molar-refractivity contribution in [3.63, 3.8) is 0 Å². The van der Waals surface area contributed by atoms with E-state index in [1.54, 1.807) is 6.07 Å². The smallest absolute Gasteiger partial charge is 0.325 e. The molecule has 1 rings (SSSR count). The van der Waals surface area contributed by atoms with Crippen molar-refractivity contribution in [1.82, 2.24) is 0 Å². The molecule has 0 saturated carbocycles. The van der Waals surface area contributed by atoms with Crippen LogP contribution in [0.15, 0.2) is 18.2 Å². The molecule has 0 saturated heterocycles. The highest BCUT2D eigenvalue weighted by molar-refractivity contribution is 5.92. The molecule has 1 N–H and O–H groups in total. The first-order chi connectivity index (χ1) is 7.81. The lowest BCUT2D eigenvalue weighted by Gasteiger charge is -2.08. The minimum Gasteiger partial charge on any atom is -0.325 e. The highest BCUT2D eigenvalue weighted by atomic mass is 19.4. The Balaban J connectivity index is 2.85. The number of hydrogen-bond acceptors (Lipinski definition) is 2. The number of alkyl halides is 3. The number of nitriles is 1. The van der Waals surface area contributed by atoms with E-state index in [4.69, 9.17) is 5.26 Å². The summed E-state index contributed by atoms with van der Waals surface area (Å²) in [4.78, 5) is 10.9. The monoisotopic (exact) mass is 246 g/mol. The molecule has 0 bridgehead atoms. The minimum atomic E-state index is -4.65. The Morgan fingerprint density at radius 2 is 2.06 bits per heavy atom. The van der Waals surface area contributed by atoms with Gasteiger partial charge in [0, 0.05) is 0 Å². The van der Waals surface area contributed by atoms with Crippen molar-refractivity contribution in [2.24, 2.45) is 0 Å². The molecule has 90 valence electrons. The van der Waals surface area contributed by atoms with E-state index < -0.39 is 24.3 Å². The Hall–Kier alpha value is -2.10. The van der Waals surface area contributed by atoms with Gasteiger partial charge in [-0.2, -0.15) is 18.4 Å². The standard InChI is InChI=1S/C10H6F4N2O/c11-7-2-1-6(5-15)8(3-7)16-9(17)4-10(12,13)14/h1-3H,4H2,(H,16,17). The van der Waals surface area contributed by atoms with Crippen molar-refractivity contribution in [2.75, 3.05) is 5.32 Å². The van der Waals surface area contributed by atoms with Gasteiger partial charge in [-0.3, -0.25) is 4.79 Å². The van der Waals surface area contributed by atoms with Gasteiger partial charge in [0.2, 0.25) is 5.91 Å². The molecule has 7 heteroatoms. The molecule has 1 aromatic rings. The minimum absolute atomic E-state index is 0.109. The molecule has 0 aliphatic carbocycles. The van der Waals surface area contributed by atoms with E-state index in [2.05, 4.69) is 0 Å². The largest absolute Gasteiger partial charge is 0.397 e. The number of carbonyl (C=O) groups excluding carboxylic acids is 1. The van der Waals surface area contributed by atoms with Gasteiger partial charge in [0.1, 0.15) is 18.3 Å². The maximum Gasteiger partial charge on any atom is 0.397 e. The first-order valence-corrected chi connectivity index (χ1v) is 4.38. The van der Waals surface area contributed by atoms with E-state index in [-0.39, 0.29) is 11.3 Å². The Kier molecular flexibility index (Phi) is 3.68. The molecular weight excluding hydrogens is 240 g/mol. The van der Waals surface area contributed by atoms with Gasteiger partial charge in [-0.1, -0.05) is 0 Å². The summed E-state index contributed by atoms with van der Waals surface area (Å²) in [7, 11) is 0. The highest BCUT2D eigenvalue weighted by Crippen LogP contribution is 2.22. The molecule has 1 amide bonds. The average molecular weight is 246 g/mol. The van der Waals surface area contributed by atoms with E-state index in [0.29, 0.717) is 0 Å². The predicted molar refractivity (Wildman–Crippen MR) is 50.4 cm³/mol. The molecule has 0 aromatic heterocycles. The second-order valence-electron chi connectivity index (χ2n) is 3.14. The molecule has 0 fully saturated rings. The van der Waals surface area contributed by atoms with E-state index >= 15 is 0 Å². The summed E-state index contributed by atoms with van der Waals surface area (Å²) in [6, 6.07) is 4.45. The quantitative estimate of drug-likeness (QED) is 0.815. The van der Waals surface area contributed by atoms with Gasteiger partial charge in [0.15, 0.2) is 0 Å². The summed E-state index contributed by atoms with van der Waals surface area (Å²) in [5.74, 6) is -2.11. The Morgan fingerprint density at radius 1 is 1.41 bits per heavy atom.